The number of carbonyl (C=O) groups is 2. The van der Waals surface area contributed by atoms with Crippen LogP contribution in [0.2, 0.25) is 0 Å². The highest BCUT2D eigenvalue weighted by atomic mass is 32.2. The molecule has 0 saturated heterocycles. The lowest BCUT2D eigenvalue weighted by Gasteiger charge is -2.26. The number of nitrogens with two attached hydrogens (primary N) is 1. The number of halogens is 2. The predicted octanol–water partition coefficient (Wildman–Crippen LogP) is 6.27. The van der Waals surface area contributed by atoms with Crippen LogP contribution in [-0.2, 0) is 27.3 Å². The minimum absolute atomic E-state index is 0.0222. The molecule has 43 heavy (non-hydrogen) atoms. The zero-order chi connectivity index (χ0) is 30.8. The van der Waals surface area contributed by atoms with E-state index in [0.29, 0.717) is 42.0 Å². The Balaban J connectivity index is 1.39. The van der Waals surface area contributed by atoms with Crippen molar-refractivity contribution in [2.75, 3.05) is 17.8 Å². The van der Waals surface area contributed by atoms with Gasteiger partial charge in [0.1, 0.15) is 18.4 Å². The van der Waals surface area contributed by atoms with E-state index in [0.717, 1.165) is 29.8 Å². The molecule has 0 saturated carbocycles. The lowest BCUT2D eigenvalue weighted by molar-refractivity contribution is -0.147. The van der Waals surface area contributed by atoms with Crippen LogP contribution in [0.1, 0.15) is 37.8 Å². The van der Waals surface area contributed by atoms with E-state index in [1.807, 2.05) is 19.1 Å². The first-order valence-corrected chi connectivity index (χ1v) is 14.9. The molecule has 0 aliphatic rings. The summed E-state index contributed by atoms with van der Waals surface area (Å²) in [4.78, 5) is 28.4. The number of rotatable bonds is 14. The van der Waals surface area contributed by atoms with Crippen molar-refractivity contribution in [2.45, 2.75) is 44.5 Å². The fourth-order valence-corrected chi connectivity index (χ4v) is 5.51. The van der Waals surface area contributed by atoms with E-state index in [-0.39, 0.29) is 18.0 Å². The molecule has 1 unspecified atom stereocenters. The van der Waals surface area contributed by atoms with Crippen molar-refractivity contribution in [3.8, 4) is 22.5 Å². The highest BCUT2D eigenvalue weighted by molar-refractivity contribution is 8.02. The van der Waals surface area contributed by atoms with Gasteiger partial charge < -0.3 is 20.2 Å². The van der Waals surface area contributed by atoms with E-state index in [1.165, 1.54) is 30.3 Å². The number of hydrogen-bond acceptors (Lipinski definition) is 8. The molecule has 1 aromatic heterocycles. The van der Waals surface area contributed by atoms with Crippen molar-refractivity contribution >= 4 is 29.3 Å². The average molecular weight is 609 g/mol. The van der Waals surface area contributed by atoms with Gasteiger partial charge in [0.15, 0.2) is 17.0 Å². The van der Waals surface area contributed by atoms with Crippen LogP contribution in [0.4, 0.5) is 14.5 Å². The zero-order valence-electron chi connectivity index (χ0n) is 24.0. The average Bonchev–Trinajstić information content (AvgIpc) is 3.53. The second kappa shape index (κ2) is 14.9. The van der Waals surface area contributed by atoms with Crippen LogP contribution in [0, 0.1) is 11.6 Å². The topological polar surface area (TPSA) is 119 Å². The van der Waals surface area contributed by atoms with Gasteiger partial charge in [-0.1, -0.05) is 44.5 Å². The molecule has 1 atom stereocenters. The van der Waals surface area contributed by atoms with Gasteiger partial charge in [0.2, 0.25) is 5.91 Å². The number of benzene rings is 3. The molecule has 4 rings (SSSR count). The lowest BCUT2D eigenvalue weighted by atomic mass is 9.97. The summed E-state index contributed by atoms with van der Waals surface area (Å²) in [7, 11) is 0. The highest BCUT2D eigenvalue weighted by Crippen LogP contribution is 2.35. The van der Waals surface area contributed by atoms with Gasteiger partial charge in [-0.25, -0.2) is 18.6 Å². The number of esters is 1. The molecule has 0 aliphatic heterocycles. The fourth-order valence-electron chi connectivity index (χ4n) is 4.52. The fraction of sp³-hybridized carbons (Fsp3) is 0.281. The third-order valence-corrected chi connectivity index (χ3v) is 7.93. The molecule has 226 valence electrons. The predicted molar refractivity (Wildman–Crippen MR) is 164 cm³/mol. The van der Waals surface area contributed by atoms with Crippen LogP contribution < -0.4 is 16.4 Å². The molecule has 3 aromatic carbocycles. The Morgan fingerprint density at radius 1 is 1.02 bits per heavy atom. The van der Waals surface area contributed by atoms with Crippen molar-refractivity contribution in [1.29, 1.82) is 0 Å². The molecular formula is C32H34F2N4O4S. The van der Waals surface area contributed by atoms with Gasteiger partial charge in [-0.2, -0.15) is 0 Å². The second-order valence-corrected chi connectivity index (χ2v) is 11.2. The standard InChI is InChI=1S/C32H34F2N4O4S/c1-3-10-32(35,31(40)42-20-36-16-22-7-5-6-21(4-2)11-22)43-18-30(39)38-26-8-9-27(29-17-37-19-41-29)28(15-26)23-12-24(33)14-25(34)13-23/h5-9,11-15,17,19,36H,3-4,10,16,18,20,35H2,1-2H3,(H,38,39). The van der Waals surface area contributed by atoms with E-state index >= 15 is 0 Å². The summed E-state index contributed by atoms with van der Waals surface area (Å²) < 4.78 is 38.9. The number of nitrogens with one attached hydrogen (secondary N) is 2. The van der Waals surface area contributed by atoms with Crippen LogP contribution >= 0.6 is 11.8 Å². The van der Waals surface area contributed by atoms with Gasteiger partial charge in [0, 0.05) is 23.9 Å². The maximum absolute atomic E-state index is 14.0. The Morgan fingerprint density at radius 2 is 1.79 bits per heavy atom. The number of oxazole rings is 1. The van der Waals surface area contributed by atoms with Crippen molar-refractivity contribution < 1.29 is 27.5 Å². The van der Waals surface area contributed by atoms with Crippen LogP contribution in [0.5, 0.6) is 0 Å². The molecule has 4 N–H and O–H groups in total. The van der Waals surface area contributed by atoms with Crippen LogP contribution in [0.25, 0.3) is 22.5 Å². The van der Waals surface area contributed by atoms with Gasteiger partial charge in [-0.05, 0) is 65.4 Å². The SMILES string of the molecule is CCCC(N)(SCC(=O)Nc1ccc(-c2cnco2)c(-c2cc(F)cc(F)c2)c1)C(=O)OCNCc1cccc(CC)c1. The highest BCUT2D eigenvalue weighted by Gasteiger charge is 2.36. The number of aromatic nitrogens is 1. The summed E-state index contributed by atoms with van der Waals surface area (Å²) in [5, 5.41) is 5.86. The normalized spacial score (nSPS) is 12.5. The van der Waals surface area contributed by atoms with Gasteiger partial charge in [-0.3, -0.25) is 10.1 Å². The van der Waals surface area contributed by atoms with Crippen LogP contribution in [0.3, 0.4) is 0 Å². The number of carbonyl (C=O) groups excluding carboxylic acids is 2. The van der Waals surface area contributed by atoms with Gasteiger partial charge in [0.05, 0.1) is 11.9 Å². The zero-order valence-corrected chi connectivity index (χ0v) is 24.8. The molecule has 1 heterocycles. The molecule has 0 aliphatic carbocycles. The first-order valence-electron chi connectivity index (χ1n) is 13.9. The van der Waals surface area contributed by atoms with E-state index in [4.69, 9.17) is 14.9 Å². The van der Waals surface area contributed by atoms with Crippen molar-refractivity contribution in [3.63, 3.8) is 0 Å². The van der Waals surface area contributed by atoms with E-state index in [2.05, 4.69) is 34.7 Å². The Labute approximate surface area is 253 Å². The largest absolute Gasteiger partial charge is 0.448 e. The summed E-state index contributed by atoms with van der Waals surface area (Å²) in [5.74, 6) is -2.26. The van der Waals surface area contributed by atoms with Gasteiger partial charge in [0.25, 0.3) is 0 Å². The molecule has 11 heteroatoms. The molecule has 4 aromatic rings. The monoisotopic (exact) mass is 608 g/mol. The molecular weight excluding hydrogens is 574 g/mol. The summed E-state index contributed by atoms with van der Waals surface area (Å²) >= 11 is 0.990. The number of amides is 1. The molecule has 0 radical (unpaired) electrons. The molecule has 8 nitrogen and oxygen atoms in total. The maximum Gasteiger partial charge on any atom is 0.337 e. The molecule has 1 amide bonds. The minimum Gasteiger partial charge on any atom is -0.448 e. The van der Waals surface area contributed by atoms with Crippen molar-refractivity contribution in [3.05, 3.63) is 96.0 Å². The number of anilines is 1. The number of thioether (sulfide) groups is 1. The first-order chi connectivity index (χ1) is 20.7. The van der Waals surface area contributed by atoms with Crippen LogP contribution in [-0.4, -0.2) is 34.2 Å². The Morgan fingerprint density at radius 3 is 2.49 bits per heavy atom. The van der Waals surface area contributed by atoms with Crippen molar-refractivity contribution in [2.24, 2.45) is 5.73 Å². The lowest BCUT2D eigenvalue weighted by Crippen LogP contribution is -2.47. The third kappa shape index (κ3) is 8.73. The van der Waals surface area contributed by atoms with Gasteiger partial charge >= 0.3 is 5.97 Å². The van der Waals surface area contributed by atoms with Gasteiger partial charge in [-0.15, -0.1) is 11.8 Å². The Hall–Kier alpha value is -4.06. The smallest absolute Gasteiger partial charge is 0.337 e. The minimum atomic E-state index is -1.42. The number of ether oxygens (including phenoxy) is 1. The maximum atomic E-state index is 14.0. The van der Waals surface area contributed by atoms with E-state index < -0.39 is 28.4 Å². The number of nitrogens with zero attached hydrogens (tertiary/aromatic N) is 1. The Bertz CT molecular complexity index is 1530. The van der Waals surface area contributed by atoms with Crippen LogP contribution in [0.15, 0.2) is 77.7 Å². The molecule has 0 spiro atoms. The summed E-state index contributed by atoms with van der Waals surface area (Å²) in [6, 6.07) is 16.2. The Kier molecular flexibility index (Phi) is 11.0. The quantitative estimate of drug-likeness (QED) is 0.0871. The van der Waals surface area contributed by atoms with E-state index in [1.54, 1.807) is 18.2 Å². The van der Waals surface area contributed by atoms with Crippen molar-refractivity contribution in [1.82, 2.24) is 10.3 Å². The third-order valence-electron chi connectivity index (χ3n) is 6.64. The summed E-state index contributed by atoms with van der Waals surface area (Å²) in [6.07, 6.45) is 4.58. The summed E-state index contributed by atoms with van der Waals surface area (Å²) in [5.41, 5.74) is 10.3. The first kappa shape index (κ1) is 31.9. The number of aryl methyl sites for hydroxylation is 1. The number of hydrogen-bond donors (Lipinski definition) is 3. The molecule has 0 bridgehead atoms. The summed E-state index contributed by atoms with van der Waals surface area (Å²) in [6.45, 7) is 4.48. The second-order valence-electron chi connectivity index (χ2n) is 9.94. The molecule has 0 fully saturated rings. The van der Waals surface area contributed by atoms with E-state index in [9.17, 15) is 18.4 Å².